The predicted molar refractivity (Wildman–Crippen MR) is 96.1 cm³/mol. The topological polar surface area (TPSA) is 337 Å². The Morgan fingerprint density at radius 1 is 0.931 bits per heavy atom. The summed E-state index contributed by atoms with van der Waals surface area (Å²) in [6, 6.07) is -0.833. The van der Waals surface area contributed by atoms with Crippen LogP contribution < -0.4 is 34.6 Å². The molecule has 0 aliphatic carbocycles. The summed E-state index contributed by atoms with van der Waals surface area (Å²) in [7, 11) is 0. The molecule has 29 heavy (non-hydrogen) atoms. The molecule has 2 amide bonds. The summed E-state index contributed by atoms with van der Waals surface area (Å²) in [5.74, 6) is 0. The molecule has 166 valence electrons. The van der Waals surface area contributed by atoms with Crippen LogP contribution in [0.3, 0.4) is 0 Å². The molecule has 0 saturated carbocycles. The number of aliphatic hydroxyl groups is 5. The first kappa shape index (κ1) is 27.9. The van der Waals surface area contributed by atoms with E-state index in [0.717, 1.165) is 0 Å². The van der Waals surface area contributed by atoms with Crippen LogP contribution in [0.5, 0.6) is 0 Å². The lowest BCUT2D eigenvalue weighted by Crippen LogP contribution is -2.46. The Bertz CT molecular complexity index is 927. The van der Waals surface area contributed by atoms with Gasteiger partial charge in [-0.1, -0.05) is 0 Å². The second-order valence-corrected chi connectivity index (χ2v) is 5.00. The van der Waals surface area contributed by atoms with Crippen molar-refractivity contribution < 1.29 is 35.1 Å². The quantitative estimate of drug-likeness (QED) is 0.200. The Morgan fingerprint density at radius 3 is 1.79 bits per heavy atom. The molecule has 2 aromatic rings. The number of urea groups is 1. The highest BCUT2D eigenvalue weighted by Crippen LogP contribution is 2.02. The summed E-state index contributed by atoms with van der Waals surface area (Å²) in [6.07, 6.45) is -6.84. The smallest absolute Gasteiger partial charge is 0.327 e. The Balaban J connectivity index is 0. The highest BCUT2D eigenvalue weighted by atomic mass is 16.4. The molecule has 0 radical (unpaired) electrons. The van der Waals surface area contributed by atoms with Gasteiger partial charge in [0.15, 0.2) is 6.29 Å². The molecule has 4 atom stereocenters. The Labute approximate surface area is 159 Å². The third kappa shape index (κ3) is 9.41. The zero-order valence-corrected chi connectivity index (χ0v) is 14.7. The van der Waals surface area contributed by atoms with Gasteiger partial charge in [0.2, 0.25) is 0 Å². The maximum absolute atomic E-state index is 10.9. The van der Waals surface area contributed by atoms with E-state index in [0.29, 0.717) is 0 Å². The van der Waals surface area contributed by atoms with Crippen LogP contribution in [0.1, 0.15) is 0 Å². The van der Waals surface area contributed by atoms with Crippen LogP contribution >= 0.6 is 0 Å². The molecule has 17 nitrogen and oxygen atoms in total. The van der Waals surface area contributed by atoms with Gasteiger partial charge >= 0.3 is 17.4 Å². The van der Waals surface area contributed by atoms with Crippen LogP contribution in [-0.4, -0.2) is 88.8 Å². The van der Waals surface area contributed by atoms with Crippen LogP contribution in [0.25, 0.3) is 11.2 Å². The van der Waals surface area contributed by atoms with E-state index < -0.39 is 54.0 Å². The van der Waals surface area contributed by atoms with Crippen molar-refractivity contribution in [1.82, 2.24) is 26.1 Å². The molecule has 2 heterocycles. The Morgan fingerprint density at radius 2 is 1.38 bits per heavy atom. The lowest BCUT2D eigenvalue weighted by Gasteiger charge is -2.22. The molecule has 2 rings (SSSR count). The minimum absolute atomic E-state index is 0. The van der Waals surface area contributed by atoms with Gasteiger partial charge in [0.25, 0.3) is 5.56 Å². The maximum Gasteiger partial charge on any atom is 0.327 e. The summed E-state index contributed by atoms with van der Waals surface area (Å²) >= 11 is 0. The number of primary amides is 2. The first-order chi connectivity index (χ1) is 12.9. The number of hydrogen-bond donors (Lipinski definition) is 12. The van der Waals surface area contributed by atoms with Gasteiger partial charge < -0.3 is 47.9 Å². The molecule has 0 aromatic carbocycles. The van der Waals surface area contributed by atoms with Crippen molar-refractivity contribution in [3.8, 4) is 0 Å². The predicted octanol–water partition coefficient (Wildman–Crippen LogP) is -5.96. The SMILES string of the molecule is N.NC(N)=O.O=C[C@H](O)[C@@H](O)[C@H](O)[C@H](O)CO.O=c1[nH]c(=O)c2[nH]c(=O)[nH]c2[nH]1. The zero-order chi connectivity index (χ0) is 22.0. The minimum Gasteiger partial charge on any atom is -0.394 e. The third-order valence-electron chi connectivity index (χ3n) is 2.84. The number of amides is 2. The monoisotopic (exact) mass is 425 g/mol. The lowest BCUT2D eigenvalue weighted by atomic mass is 10.0. The maximum atomic E-state index is 10.9. The van der Waals surface area contributed by atoms with Gasteiger partial charge in [0, 0.05) is 0 Å². The molecule has 0 aliphatic rings. The number of aldehydes is 1. The summed E-state index contributed by atoms with van der Waals surface area (Å²) in [4.78, 5) is 59.9. The summed E-state index contributed by atoms with van der Waals surface area (Å²) in [5, 5.41) is 43.5. The number of aromatic nitrogens is 4. The number of hydrogen-bond acceptors (Lipinski definition) is 11. The molecule has 0 unspecified atom stereocenters. The summed E-state index contributed by atoms with van der Waals surface area (Å²) in [6.45, 7) is -0.760. The molecule has 0 spiro atoms. The second kappa shape index (κ2) is 12.9. The van der Waals surface area contributed by atoms with Crippen molar-refractivity contribution >= 4 is 23.5 Å². The highest BCUT2D eigenvalue weighted by molar-refractivity contribution is 5.69. The number of nitrogens with two attached hydrogens (primary N) is 2. The first-order valence-electron chi connectivity index (χ1n) is 7.22. The molecule has 17 heteroatoms. The molecular formula is C12H23N7O10. The van der Waals surface area contributed by atoms with Crippen molar-refractivity contribution in [3.05, 3.63) is 31.3 Å². The van der Waals surface area contributed by atoms with Gasteiger partial charge in [-0.3, -0.25) is 24.7 Å². The lowest BCUT2D eigenvalue weighted by molar-refractivity contribution is -0.136. The number of fused-ring (bicyclic) bond motifs is 1. The van der Waals surface area contributed by atoms with E-state index in [4.69, 9.17) is 30.3 Å². The second-order valence-electron chi connectivity index (χ2n) is 5.00. The zero-order valence-electron chi connectivity index (χ0n) is 14.7. The number of carbonyl (C=O) groups excluding carboxylic acids is 2. The minimum atomic E-state index is -1.79. The van der Waals surface area contributed by atoms with E-state index in [-0.39, 0.29) is 23.6 Å². The summed E-state index contributed by atoms with van der Waals surface area (Å²) < 4.78 is 0. The highest BCUT2D eigenvalue weighted by Gasteiger charge is 2.29. The normalized spacial score (nSPS) is 14.0. The third-order valence-corrected chi connectivity index (χ3v) is 2.84. The van der Waals surface area contributed by atoms with Gasteiger partial charge in [-0.25, -0.2) is 14.4 Å². The number of imidazole rings is 1. The number of aromatic amines is 4. The van der Waals surface area contributed by atoms with Crippen LogP contribution in [0.15, 0.2) is 14.4 Å². The Kier molecular flexibility index (Phi) is 12.4. The number of rotatable bonds is 5. The van der Waals surface area contributed by atoms with Crippen molar-refractivity contribution in [2.24, 2.45) is 11.5 Å². The van der Waals surface area contributed by atoms with E-state index in [9.17, 15) is 19.2 Å². The van der Waals surface area contributed by atoms with Crippen molar-refractivity contribution in [2.75, 3.05) is 6.61 Å². The number of H-pyrrole nitrogens is 4. The van der Waals surface area contributed by atoms with Crippen molar-refractivity contribution in [2.45, 2.75) is 24.4 Å². The van der Waals surface area contributed by atoms with Crippen LogP contribution in [-0.2, 0) is 4.79 Å². The first-order valence-corrected chi connectivity index (χ1v) is 7.22. The van der Waals surface area contributed by atoms with E-state index in [1.165, 1.54) is 0 Å². The number of nitrogens with one attached hydrogen (secondary N) is 4. The molecular weight excluding hydrogens is 402 g/mol. The fourth-order valence-corrected chi connectivity index (χ4v) is 1.58. The molecule has 0 fully saturated rings. The van der Waals surface area contributed by atoms with E-state index in [1.807, 2.05) is 4.98 Å². The fraction of sp³-hybridized carbons (Fsp3) is 0.417. The number of carbonyl (C=O) groups is 2. The Hall–Kier alpha value is -3.35. The fourth-order valence-electron chi connectivity index (χ4n) is 1.58. The van der Waals surface area contributed by atoms with Gasteiger partial charge in [0.1, 0.15) is 35.6 Å². The van der Waals surface area contributed by atoms with Gasteiger partial charge in [-0.2, -0.15) is 0 Å². The van der Waals surface area contributed by atoms with Crippen molar-refractivity contribution in [3.63, 3.8) is 0 Å². The standard InChI is InChI=1S/C6H12O6.C5H4N4O3.CH4N2O.H3N/c7-1-3(9)5(11)6(12)4(10)2-8;10-3-1-2(7-4(11)6-1)8-5(12)9-3;2-1(3)4;/h1,3-6,8-12H,2H2;(H4,6,7,8,9,10,11,12);(H4,2,3,4);1H3/t3-,4+,5+,6+;;;/m0.../s1. The number of aliphatic hydroxyl groups excluding tert-OH is 5. The van der Waals surface area contributed by atoms with Gasteiger partial charge in [-0.05, 0) is 0 Å². The van der Waals surface area contributed by atoms with E-state index in [1.54, 1.807) is 0 Å². The van der Waals surface area contributed by atoms with Crippen LogP contribution in [0.4, 0.5) is 4.79 Å². The molecule has 0 aliphatic heterocycles. The average Bonchev–Trinajstić information content (AvgIpc) is 2.99. The van der Waals surface area contributed by atoms with E-state index in [2.05, 4.69) is 26.4 Å². The molecule has 16 N–H and O–H groups in total. The largest absolute Gasteiger partial charge is 0.394 e. The molecule has 0 bridgehead atoms. The van der Waals surface area contributed by atoms with Gasteiger partial charge in [0.05, 0.1) is 6.61 Å². The summed E-state index contributed by atoms with van der Waals surface area (Å²) in [5.41, 5.74) is 6.85. The average molecular weight is 425 g/mol. The van der Waals surface area contributed by atoms with Crippen LogP contribution in [0.2, 0.25) is 0 Å². The van der Waals surface area contributed by atoms with Crippen LogP contribution in [0, 0.1) is 0 Å². The van der Waals surface area contributed by atoms with Crippen molar-refractivity contribution in [1.29, 1.82) is 0 Å². The van der Waals surface area contributed by atoms with E-state index >= 15 is 0 Å². The van der Waals surface area contributed by atoms with Gasteiger partial charge in [-0.15, -0.1) is 0 Å². The molecule has 0 saturated heterocycles. The molecule has 2 aromatic heterocycles.